The van der Waals surface area contributed by atoms with Gasteiger partial charge in [0.15, 0.2) is 0 Å². The van der Waals surface area contributed by atoms with Gasteiger partial charge in [0.05, 0.1) is 12.0 Å². The van der Waals surface area contributed by atoms with Gasteiger partial charge >= 0.3 is 5.97 Å². The zero-order valence-electron chi connectivity index (χ0n) is 11.7. The Morgan fingerprint density at radius 3 is 2.68 bits per heavy atom. The van der Waals surface area contributed by atoms with Crippen LogP contribution in [0.1, 0.15) is 32.0 Å². The Bertz CT molecular complexity index is 626. The number of aryl methyl sites for hydroxylation is 1. The standard InChI is InChI=1S/C15H19NO3/c1-5-19-10-6-7-12-11(8-10)13(9(2)16-12)15(3,4)14(17)18/h6-8,16H,5H2,1-4H3,(H,17,18). The second-order valence-electron chi connectivity index (χ2n) is 5.20. The molecule has 0 aliphatic carbocycles. The fraction of sp³-hybridized carbons (Fsp3) is 0.400. The minimum atomic E-state index is -0.937. The SMILES string of the molecule is CCOc1ccc2[nH]c(C)c(C(C)(C)C(=O)O)c2c1. The summed E-state index contributed by atoms with van der Waals surface area (Å²) >= 11 is 0. The average molecular weight is 261 g/mol. The van der Waals surface area contributed by atoms with E-state index in [1.54, 1.807) is 13.8 Å². The molecule has 0 saturated carbocycles. The molecule has 0 atom stereocenters. The van der Waals surface area contributed by atoms with Crippen molar-refractivity contribution in [3.05, 3.63) is 29.5 Å². The van der Waals surface area contributed by atoms with Crippen molar-refractivity contribution in [1.29, 1.82) is 0 Å². The topological polar surface area (TPSA) is 62.3 Å². The maximum absolute atomic E-state index is 11.5. The zero-order valence-corrected chi connectivity index (χ0v) is 11.7. The van der Waals surface area contributed by atoms with Gasteiger partial charge in [0.2, 0.25) is 0 Å². The highest BCUT2D eigenvalue weighted by molar-refractivity contribution is 5.93. The van der Waals surface area contributed by atoms with Gasteiger partial charge in [0.25, 0.3) is 0 Å². The van der Waals surface area contributed by atoms with Crippen LogP contribution >= 0.6 is 0 Å². The molecule has 0 spiro atoms. The Balaban J connectivity index is 2.68. The number of carbonyl (C=O) groups is 1. The van der Waals surface area contributed by atoms with Crippen LogP contribution in [0.15, 0.2) is 18.2 Å². The Labute approximate surface area is 112 Å². The van der Waals surface area contributed by atoms with Crippen LogP contribution in [-0.4, -0.2) is 22.7 Å². The number of aromatic amines is 1. The summed E-state index contributed by atoms with van der Waals surface area (Å²) < 4.78 is 5.49. The number of ether oxygens (including phenoxy) is 1. The van der Waals surface area contributed by atoms with Gasteiger partial charge in [-0.3, -0.25) is 4.79 Å². The number of benzene rings is 1. The summed E-state index contributed by atoms with van der Waals surface area (Å²) in [5.41, 5.74) is 1.70. The van der Waals surface area contributed by atoms with Crippen molar-refractivity contribution in [2.45, 2.75) is 33.1 Å². The van der Waals surface area contributed by atoms with E-state index in [-0.39, 0.29) is 0 Å². The molecule has 4 heteroatoms. The normalized spacial score (nSPS) is 11.8. The van der Waals surface area contributed by atoms with E-state index in [9.17, 15) is 9.90 Å². The van der Waals surface area contributed by atoms with Crippen LogP contribution in [0.3, 0.4) is 0 Å². The highest BCUT2D eigenvalue weighted by Gasteiger charge is 2.33. The molecule has 4 nitrogen and oxygen atoms in total. The van der Waals surface area contributed by atoms with Gasteiger partial charge in [0, 0.05) is 16.6 Å². The second-order valence-corrected chi connectivity index (χ2v) is 5.20. The third-order valence-electron chi connectivity index (χ3n) is 3.43. The Morgan fingerprint density at radius 2 is 2.11 bits per heavy atom. The Morgan fingerprint density at radius 1 is 1.42 bits per heavy atom. The lowest BCUT2D eigenvalue weighted by Crippen LogP contribution is -2.29. The lowest BCUT2D eigenvalue weighted by Gasteiger charge is -2.20. The second kappa shape index (κ2) is 4.61. The monoisotopic (exact) mass is 261 g/mol. The van der Waals surface area contributed by atoms with Crippen LogP contribution in [0.4, 0.5) is 0 Å². The first-order valence-corrected chi connectivity index (χ1v) is 6.37. The first-order valence-electron chi connectivity index (χ1n) is 6.37. The highest BCUT2D eigenvalue weighted by Crippen LogP contribution is 2.35. The quantitative estimate of drug-likeness (QED) is 0.888. The smallest absolute Gasteiger partial charge is 0.313 e. The molecule has 0 radical (unpaired) electrons. The van der Waals surface area contributed by atoms with Gasteiger partial charge < -0.3 is 14.8 Å². The minimum Gasteiger partial charge on any atom is -0.494 e. The summed E-state index contributed by atoms with van der Waals surface area (Å²) in [6.45, 7) is 7.86. The molecule has 1 heterocycles. The number of aliphatic carboxylic acids is 1. The van der Waals surface area contributed by atoms with Crippen molar-refractivity contribution in [3.8, 4) is 5.75 Å². The lowest BCUT2D eigenvalue weighted by molar-refractivity contribution is -0.142. The first kappa shape index (κ1) is 13.5. The van der Waals surface area contributed by atoms with E-state index in [0.717, 1.165) is 27.9 Å². The third-order valence-corrected chi connectivity index (χ3v) is 3.43. The Hall–Kier alpha value is -1.97. The number of carboxylic acids is 1. The van der Waals surface area contributed by atoms with E-state index in [0.29, 0.717) is 6.61 Å². The zero-order chi connectivity index (χ0) is 14.2. The predicted octanol–water partition coefficient (Wildman–Crippen LogP) is 3.24. The number of aromatic nitrogens is 1. The van der Waals surface area contributed by atoms with E-state index in [1.807, 2.05) is 32.0 Å². The van der Waals surface area contributed by atoms with Crippen molar-refractivity contribution < 1.29 is 14.6 Å². The molecule has 0 unspecified atom stereocenters. The number of rotatable bonds is 4. The largest absolute Gasteiger partial charge is 0.494 e. The highest BCUT2D eigenvalue weighted by atomic mass is 16.5. The van der Waals surface area contributed by atoms with E-state index in [1.165, 1.54) is 0 Å². The average Bonchev–Trinajstić information content (AvgIpc) is 2.65. The van der Waals surface area contributed by atoms with Gasteiger partial charge in [-0.25, -0.2) is 0 Å². The van der Waals surface area contributed by atoms with Crippen molar-refractivity contribution in [3.63, 3.8) is 0 Å². The molecular weight excluding hydrogens is 242 g/mol. The minimum absolute atomic E-state index is 0.590. The molecule has 2 aromatic rings. The van der Waals surface area contributed by atoms with E-state index >= 15 is 0 Å². The molecule has 19 heavy (non-hydrogen) atoms. The molecule has 0 saturated heterocycles. The van der Waals surface area contributed by atoms with Crippen LogP contribution in [-0.2, 0) is 10.2 Å². The summed E-state index contributed by atoms with van der Waals surface area (Å²) in [7, 11) is 0. The number of fused-ring (bicyclic) bond motifs is 1. The molecule has 102 valence electrons. The molecule has 0 bridgehead atoms. The number of hydrogen-bond acceptors (Lipinski definition) is 2. The van der Waals surface area contributed by atoms with Crippen LogP contribution in [0.2, 0.25) is 0 Å². The molecule has 0 aliphatic rings. The maximum Gasteiger partial charge on any atom is 0.313 e. The molecule has 2 rings (SSSR count). The van der Waals surface area contributed by atoms with Gasteiger partial charge in [-0.1, -0.05) is 0 Å². The van der Waals surface area contributed by atoms with Crippen molar-refractivity contribution in [2.75, 3.05) is 6.61 Å². The van der Waals surface area contributed by atoms with Crippen molar-refractivity contribution in [1.82, 2.24) is 4.98 Å². The number of carboxylic acid groups (broad SMARTS) is 1. The van der Waals surface area contributed by atoms with Crippen LogP contribution in [0.25, 0.3) is 10.9 Å². The summed E-state index contributed by atoms with van der Waals surface area (Å²) in [4.78, 5) is 14.7. The summed E-state index contributed by atoms with van der Waals surface area (Å²) in [5, 5.41) is 10.3. The first-order chi connectivity index (χ1) is 8.87. The van der Waals surface area contributed by atoms with E-state index in [2.05, 4.69) is 4.98 Å². The van der Waals surface area contributed by atoms with Crippen molar-refractivity contribution >= 4 is 16.9 Å². The molecule has 1 aromatic carbocycles. The molecule has 1 aromatic heterocycles. The van der Waals surface area contributed by atoms with Gasteiger partial charge in [-0.2, -0.15) is 0 Å². The maximum atomic E-state index is 11.5. The lowest BCUT2D eigenvalue weighted by atomic mass is 9.83. The third kappa shape index (κ3) is 2.18. The van der Waals surface area contributed by atoms with E-state index in [4.69, 9.17) is 4.74 Å². The van der Waals surface area contributed by atoms with Crippen LogP contribution < -0.4 is 4.74 Å². The molecular formula is C15H19NO3. The number of H-pyrrole nitrogens is 1. The Kier molecular flexibility index (Phi) is 3.27. The summed E-state index contributed by atoms with van der Waals surface area (Å²) in [6, 6.07) is 5.72. The molecule has 0 fully saturated rings. The molecule has 0 amide bonds. The van der Waals surface area contributed by atoms with Gasteiger partial charge in [-0.15, -0.1) is 0 Å². The van der Waals surface area contributed by atoms with Gasteiger partial charge in [-0.05, 0) is 51.5 Å². The van der Waals surface area contributed by atoms with Crippen LogP contribution in [0.5, 0.6) is 5.75 Å². The fourth-order valence-electron chi connectivity index (χ4n) is 2.47. The predicted molar refractivity (Wildman–Crippen MR) is 74.9 cm³/mol. The van der Waals surface area contributed by atoms with Crippen LogP contribution in [0, 0.1) is 6.92 Å². The van der Waals surface area contributed by atoms with Crippen molar-refractivity contribution in [2.24, 2.45) is 0 Å². The molecule has 2 N–H and O–H groups in total. The van der Waals surface area contributed by atoms with Gasteiger partial charge in [0.1, 0.15) is 5.75 Å². The fourth-order valence-corrected chi connectivity index (χ4v) is 2.47. The number of nitrogens with one attached hydrogen (secondary N) is 1. The number of hydrogen-bond donors (Lipinski definition) is 2. The summed E-state index contributed by atoms with van der Waals surface area (Å²) in [5.74, 6) is -0.0743. The van der Waals surface area contributed by atoms with E-state index < -0.39 is 11.4 Å². The molecule has 0 aliphatic heterocycles. The summed E-state index contributed by atoms with van der Waals surface area (Å²) in [6.07, 6.45) is 0.